The minimum Gasteiger partial charge on any atom is -0.489 e. The van der Waals surface area contributed by atoms with Gasteiger partial charge in [-0.1, -0.05) is 46.3 Å². The van der Waals surface area contributed by atoms with Crippen molar-refractivity contribution in [2.75, 3.05) is 0 Å². The number of hydrogen-bond acceptors (Lipinski definition) is 2. The molecule has 0 spiro atoms. The quantitative estimate of drug-likeness (QED) is 0.827. The van der Waals surface area contributed by atoms with Crippen LogP contribution in [-0.2, 0) is 17.8 Å². The normalized spacial score (nSPS) is 10.2. The lowest BCUT2D eigenvalue weighted by atomic mass is 10.1. The molecule has 0 amide bonds. The van der Waals surface area contributed by atoms with E-state index < -0.39 is 0 Å². The molecule has 2 aromatic rings. The van der Waals surface area contributed by atoms with Crippen LogP contribution in [-0.4, -0.2) is 5.78 Å². The van der Waals surface area contributed by atoms with Crippen LogP contribution < -0.4 is 4.74 Å². The van der Waals surface area contributed by atoms with E-state index in [2.05, 4.69) is 15.9 Å². The first-order chi connectivity index (χ1) is 9.15. The summed E-state index contributed by atoms with van der Waals surface area (Å²) < 4.78 is 6.76. The summed E-state index contributed by atoms with van der Waals surface area (Å²) in [7, 11) is 0. The zero-order valence-electron chi connectivity index (χ0n) is 10.7. The summed E-state index contributed by atoms with van der Waals surface area (Å²) >= 11 is 3.49. The van der Waals surface area contributed by atoms with E-state index >= 15 is 0 Å². The van der Waals surface area contributed by atoms with Crippen molar-refractivity contribution in [1.29, 1.82) is 0 Å². The minimum atomic E-state index is 0.168. The lowest BCUT2D eigenvalue weighted by molar-refractivity contribution is -0.116. The third-order valence-electron chi connectivity index (χ3n) is 2.73. The summed E-state index contributed by atoms with van der Waals surface area (Å²) in [5.41, 5.74) is 2.12. The second-order valence-electron chi connectivity index (χ2n) is 4.40. The van der Waals surface area contributed by atoms with Crippen LogP contribution in [0.2, 0.25) is 0 Å². The van der Waals surface area contributed by atoms with Gasteiger partial charge in [0, 0.05) is 16.5 Å². The number of benzene rings is 2. The number of Topliss-reactive ketones (excluding diaryl/α,β-unsaturated/α-hetero) is 1. The van der Waals surface area contributed by atoms with Gasteiger partial charge in [0.25, 0.3) is 0 Å². The summed E-state index contributed by atoms with van der Waals surface area (Å²) in [6, 6.07) is 15.6. The van der Waals surface area contributed by atoms with Crippen LogP contribution in [0.1, 0.15) is 18.1 Å². The molecule has 0 bridgehead atoms. The maximum absolute atomic E-state index is 11.0. The molecular weight excluding hydrogens is 304 g/mol. The molecule has 0 saturated carbocycles. The fraction of sp³-hybridized carbons (Fsp3) is 0.188. The molecule has 0 saturated heterocycles. The van der Waals surface area contributed by atoms with Crippen LogP contribution in [0.5, 0.6) is 5.75 Å². The maximum Gasteiger partial charge on any atom is 0.134 e. The Morgan fingerprint density at radius 2 is 1.79 bits per heavy atom. The largest absolute Gasteiger partial charge is 0.489 e. The van der Waals surface area contributed by atoms with E-state index in [-0.39, 0.29) is 5.78 Å². The third kappa shape index (κ3) is 4.21. The van der Waals surface area contributed by atoms with E-state index in [1.54, 1.807) is 6.92 Å². The standard InChI is InChI=1S/C16H15BrO2/c1-12(18)10-13-6-8-15(9-7-13)19-11-14-4-2-3-5-16(14)17/h2-9H,10-11H2,1H3. The van der Waals surface area contributed by atoms with Crippen molar-refractivity contribution in [3.8, 4) is 5.75 Å². The van der Waals surface area contributed by atoms with Crippen molar-refractivity contribution in [1.82, 2.24) is 0 Å². The van der Waals surface area contributed by atoms with Crippen LogP contribution in [0.4, 0.5) is 0 Å². The van der Waals surface area contributed by atoms with Gasteiger partial charge in [-0.2, -0.15) is 0 Å². The molecule has 0 aromatic heterocycles. The smallest absolute Gasteiger partial charge is 0.134 e. The zero-order valence-corrected chi connectivity index (χ0v) is 12.3. The Morgan fingerprint density at radius 3 is 2.42 bits per heavy atom. The van der Waals surface area contributed by atoms with Gasteiger partial charge in [-0.25, -0.2) is 0 Å². The van der Waals surface area contributed by atoms with Crippen LogP contribution >= 0.6 is 15.9 Å². The van der Waals surface area contributed by atoms with Crippen LogP contribution in [0.3, 0.4) is 0 Å². The Labute approximate surface area is 121 Å². The number of hydrogen-bond donors (Lipinski definition) is 0. The Morgan fingerprint density at radius 1 is 1.11 bits per heavy atom. The van der Waals surface area contributed by atoms with Gasteiger partial charge in [0.1, 0.15) is 18.1 Å². The van der Waals surface area contributed by atoms with Gasteiger partial charge in [0.2, 0.25) is 0 Å². The van der Waals surface area contributed by atoms with E-state index in [1.165, 1.54) is 0 Å². The predicted octanol–water partition coefficient (Wildman–Crippen LogP) is 4.16. The van der Waals surface area contributed by atoms with Gasteiger partial charge < -0.3 is 4.74 Å². The van der Waals surface area contributed by atoms with Crippen molar-refractivity contribution >= 4 is 21.7 Å². The SMILES string of the molecule is CC(=O)Cc1ccc(OCc2ccccc2Br)cc1. The van der Waals surface area contributed by atoms with Gasteiger partial charge in [-0.15, -0.1) is 0 Å². The average molecular weight is 319 g/mol. The summed E-state index contributed by atoms with van der Waals surface area (Å²) in [6.45, 7) is 2.12. The number of halogens is 1. The first kappa shape index (κ1) is 13.8. The molecule has 0 heterocycles. The fourth-order valence-corrected chi connectivity index (χ4v) is 2.17. The molecule has 3 heteroatoms. The molecule has 2 rings (SSSR count). The van der Waals surface area contributed by atoms with Crippen molar-refractivity contribution < 1.29 is 9.53 Å². The number of ketones is 1. The molecule has 0 N–H and O–H groups in total. The molecule has 0 aliphatic rings. The minimum absolute atomic E-state index is 0.168. The van der Waals surface area contributed by atoms with Crippen LogP contribution in [0.15, 0.2) is 53.0 Å². The Balaban J connectivity index is 1.97. The van der Waals surface area contributed by atoms with E-state index in [0.717, 1.165) is 21.3 Å². The highest BCUT2D eigenvalue weighted by Crippen LogP contribution is 2.19. The first-order valence-electron chi connectivity index (χ1n) is 6.10. The summed E-state index contributed by atoms with van der Waals surface area (Å²) in [6.07, 6.45) is 0.477. The van der Waals surface area contributed by atoms with Crippen molar-refractivity contribution in [3.05, 3.63) is 64.1 Å². The second kappa shape index (κ2) is 6.53. The second-order valence-corrected chi connectivity index (χ2v) is 5.26. The zero-order chi connectivity index (χ0) is 13.7. The lowest BCUT2D eigenvalue weighted by Gasteiger charge is -2.08. The topological polar surface area (TPSA) is 26.3 Å². The summed E-state index contributed by atoms with van der Waals surface area (Å²) in [5.74, 6) is 0.977. The molecule has 19 heavy (non-hydrogen) atoms. The highest BCUT2D eigenvalue weighted by Gasteiger charge is 2.01. The number of rotatable bonds is 5. The van der Waals surface area contributed by atoms with Gasteiger partial charge in [-0.3, -0.25) is 4.79 Å². The summed E-state index contributed by atoms with van der Waals surface area (Å²) in [5, 5.41) is 0. The average Bonchev–Trinajstić information content (AvgIpc) is 2.39. The molecule has 0 unspecified atom stereocenters. The highest BCUT2D eigenvalue weighted by molar-refractivity contribution is 9.10. The molecule has 0 aliphatic carbocycles. The predicted molar refractivity (Wildman–Crippen MR) is 79.3 cm³/mol. The number of ether oxygens (including phenoxy) is 1. The Bertz CT molecular complexity index is 561. The van der Waals surface area contributed by atoms with E-state index in [1.807, 2.05) is 48.5 Å². The van der Waals surface area contributed by atoms with Crippen LogP contribution in [0.25, 0.3) is 0 Å². The van der Waals surface area contributed by atoms with Gasteiger partial charge >= 0.3 is 0 Å². The van der Waals surface area contributed by atoms with Gasteiger partial charge in [0.05, 0.1) is 0 Å². The molecular formula is C16H15BrO2. The third-order valence-corrected chi connectivity index (χ3v) is 3.50. The van der Waals surface area contributed by atoms with Crippen LogP contribution in [0, 0.1) is 0 Å². The molecule has 2 aromatic carbocycles. The molecule has 0 atom stereocenters. The summed E-state index contributed by atoms with van der Waals surface area (Å²) in [4.78, 5) is 11.0. The maximum atomic E-state index is 11.0. The Hall–Kier alpha value is -1.61. The Kier molecular flexibility index (Phi) is 4.74. The molecule has 0 aliphatic heterocycles. The van der Waals surface area contributed by atoms with Crippen molar-refractivity contribution in [2.24, 2.45) is 0 Å². The monoisotopic (exact) mass is 318 g/mol. The first-order valence-corrected chi connectivity index (χ1v) is 6.89. The number of carbonyl (C=O) groups is 1. The molecule has 98 valence electrons. The molecule has 2 nitrogen and oxygen atoms in total. The van der Waals surface area contributed by atoms with Crippen molar-refractivity contribution in [2.45, 2.75) is 20.0 Å². The highest BCUT2D eigenvalue weighted by atomic mass is 79.9. The molecule has 0 fully saturated rings. The fourth-order valence-electron chi connectivity index (χ4n) is 1.77. The van der Waals surface area contributed by atoms with E-state index in [9.17, 15) is 4.79 Å². The number of carbonyl (C=O) groups excluding carboxylic acids is 1. The van der Waals surface area contributed by atoms with Crippen molar-refractivity contribution in [3.63, 3.8) is 0 Å². The molecule has 0 radical (unpaired) electrons. The van der Waals surface area contributed by atoms with E-state index in [0.29, 0.717) is 13.0 Å². The van der Waals surface area contributed by atoms with Gasteiger partial charge in [-0.05, 0) is 30.7 Å². The van der Waals surface area contributed by atoms with E-state index in [4.69, 9.17) is 4.74 Å². The lowest BCUT2D eigenvalue weighted by Crippen LogP contribution is -1.98. The van der Waals surface area contributed by atoms with Gasteiger partial charge in [0.15, 0.2) is 0 Å².